The molecule has 0 fully saturated rings. The van der Waals surface area contributed by atoms with Gasteiger partial charge in [0.2, 0.25) is 9.04 Å². The largest absolute Gasteiger partial charge is 0.467 e. The van der Waals surface area contributed by atoms with Gasteiger partial charge in [-0.25, -0.2) is 0 Å². The Balaban J connectivity index is 3.16. The van der Waals surface area contributed by atoms with E-state index in [1.807, 2.05) is 6.55 Å². The first-order chi connectivity index (χ1) is 4.16. The molecule has 0 saturated heterocycles. The van der Waals surface area contributed by atoms with Gasteiger partial charge < -0.3 is 9.16 Å². The van der Waals surface area contributed by atoms with E-state index in [2.05, 4.69) is 4.74 Å². The number of esters is 1. The first-order valence-corrected chi connectivity index (χ1v) is 4.78. The van der Waals surface area contributed by atoms with E-state index in [0.29, 0.717) is 6.23 Å². The molecule has 0 aromatic rings. The number of hydrogen-bond donors (Lipinski definition) is 0. The molecular formula is C5H11O3Si. The molecule has 1 radical (unpaired) electrons. The minimum atomic E-state index is -0.867. The van der Waals surface area contributed by atoms with Crippen LogP contribution in [0.4, 0.5) is 0 Å². The van der Waals surface area contributed by atoms with Gasteiger partial charge in [0.1, 0.15) is 6.23 Å². The molecule has 0 aliphatic carbocycles. The Bertz CT molecular complexity index is 94.2. The number of ether oxygens (including phenoxy) is 1. The van der Waals surface area contributed by atoms with Crippen LogP contribution < -0.4 is 0 Å². The highest BCUT2D eigenvalue weighted by atomic mass is 28.3. The van der Waals surface area contributed by atoms with Gasteiger partial charge in [-0.2, -0.15) is 0 Å². The molecule has 0 bridgehead atoms. The molecule has 0 unspecified atom stereocenters. The Labute approximate surface area is 56.7 Å². The minimum absolute atomic E-state index is 0.239. The van der Waals surface area contributed by atoms with E-state index in [9.17, 15) is 4.79 Å². The molecule has 0 aromatic carbocycles. The highest BCUT2D eigenvalue weighted by Gasteiger charge is 2.04. The van der Waals surface area contributed by atoms with Crippen molar-refractivity contribution in [3.8, 4) is 0 Å². The Morgan fingerprint density at radius 3 is 2.56 bits per heavy atom. The first-order valence-electron chi connectivity index (χ1n) is 2.66. The lowest BCUT2D eigenvalue weighted by atomic mass is 10.8. The normalized spacial score (nSPS) is 9.78. The van der Waals surface area contributed by atoms with Gasteiger partial charge in [-0.05, 0) is 6.55 Å². The molecule has 9 heavy (non-hydrogen) atoms. The van der Waals surface area contributed by atoms with E-state index in [1.165, 1.54) is 6.92 Å². The van der Waals surface area contributed by atoms with Crippen molar-refractivity contribution in [3.05, 3.63) is 0 Å². The quantitative estimate of drug-likeness (QED) is 0.427. The third-order valence-electron chi connectivity index (χ3n) is 0.827. The van der Waals surface area contributed by atoms with E-state index in [1.54, 1.807) is 7.11 Å². The molecule has 53 valence electrons. The molecule has 0 N–H and O–H groups in total. The van der Waals surface area contributed by atoms with Crippen LogP contribution in [0, 0.1) is 0 Å². The maximum absolute atomic E-state index is 10.2. The zero-order chi connectivity index (χ0) is 7.28. The molecule has 0 aromatic heterocycles. The second-order valence-corrected chi connectivity index (χ2v) is 3.79. The SMILES string of the molecule is CO[Si](C)COC(C)=O. The van der Waals surface area contributed by atoms with Crippen LogP contribution in [0.15, 0.2) is 0 Å². The Morgan fingerprint density at radius 2 is 2.22 bits per heavy atom. The van der Waals surface area contributed by atoms with Gasteiger partial charge in [0.05, 0.1) is 0 Å². The lowest BCUT2D eigenvalue weighted by Gasteiger charge is -2.04. The second-order valence-electron chi connectivity index (χ2n) is 1.69. The fourth-order valence-electron chi connectivity index (χ4n) is 0.262. The Morgan fingerprint density at radius 1 is 1.67 bits per heavy atom. The van der Waals surface area contributed by atoms with Gasteiger partial charge in [0, 0.05) is 14.0 Å². The summed E-state index contributed by atoms with van der Waals surface area (Å²) in [6.07, 6.45) is 0.441. The summed E-state index contributed by atoms with van der Waals surface area (Å²) < 4.78 is 9.60. The van der Waals surface area contributed by atoms with Crippen LogP contribution >= 0.6 is 0 Å². The molecule has 3 nitrogen and oxygen atoms in total. The summed E-state index contributed by atoms with van der Waals surface area (Å²) in [6.45, 7) is 3.33. The summed E-state index contributed by atoms with van der Waals surface area (Å²) in [6, 6.07) is 0. The van der Waals surface area contributed by atoms with Crippen LogP contribution in [0.5, 0.6) is 0 Å². The summed E-state index contributed by atoms with van der Waals surface area (Å²) in [4.78, 5) is 10.2. The molecule has 0 rings (SSSR count). The summed E-state index contributed by atoms with van der Waals surface area (Å²) in [5, 5.41) is 0. The number of carbonyl (C=O) groups excluding carboxylic acids is 1. The second kappa shape index (κ2) is 4.52. The lowest BCUT2D eigenvalue weighted by molar-refractivity contribution is -0.139. The summed E-state index contributed by atoms with van der Waals surface area (Å²) in [5.74, 6) is -0.239. The predicted molar refractivity (Wildman–Crippen MR) is 35.3 cm³/mol. The van der Waals surface area contributed by atoms with Crippen molar-refractivity contribution < 1.29 is 14.0 Å². The average molecular weight is 147 g/mol. The van der Waals surface area contributed by atoms with Crippen LogP contribution in [0.3, 0.4) is 0 Å². The fraction of sp³-hybridized carbons (Fsp3) is 0.800. The first kappa shape index (κ1) is 8.65. The van der Waals surface area contributed by atoms with Crippen molar-refractivity contribution in [3.63, 3.8) is 0 Å². The zero-order valence-corrected chi connectivity index (χ0v) is 6.93. The minimum Gasteiger partial charge on any atom is -0.467 e. The predicted octanol–water partition coefficient (Wildman–Crippen LogP) is 0.356. The van der Waals surface area contributed by atoms with Crippen molar-refractivity contribution in [2.75, 3.05) is 13.3 Å². The lowest BCUT2D eigenvalue weighted by Crippen LogP contribution is -2.20. The monoisotopic (exact) mass is 147 g/mol. The van der Waals surface area contributed by atoms with Crippen molar-refractivity contribution in [2.45, 2.75) is 13.5 Å². The summed E-state index contributed by atoms with van der Waals surface area (Å²) >= 11 is 0. The van der Waals surface area contributed by atoms with Gasteiger partial charge in [-0.15, -0.1) is 0 Å². The number of hydrogen-bond acceptors (Lipinski definition) is 3. The maximum atomic E-state index is 10.2. The van der Waals surface area contributed by atoms with Crippen LogP contribution in [0.25, 0.3) is 0 Å². The van der Waals surface area contributed by atoms with Gasteiger partial charge in [-0.3, -0.25) is 4.79 Å². The summed E-state index contributed by atoms with van der Waals surface area (Å²) in [5.41, 5.74) is 0. The van der Waals surface area contributed by atoms with E-state index in [-0.39, 0.29) is 5.97 Å². The van der Waals surface area contributed by atoms with Crippen molar-refractivity contribution in [1.29, 1.82) is 0 Å². The van der Waals surface area contributed by atoms with Crippen LogP contribution in [-0.2, 0) is 14.0 Å². The van der Waals surface area contributed by atoms with E-state index in [0.717, 1.165) is 0 Å². The van der Waals surface area contributed by atoms with E-state index in [4.69, 9.17) is 4.43 Å². The molecule has 0 aliphatic heterocycles. The molecule has 0 amide bonds. The smallest absolute Gasteiger partial charge is 0.302 e. The fourth-order valence-corrected chi connectivity index (χ4v) is 0.787. The topological polar surface area (TPSA) is 35.5 Å². The highest BCUT2D eigenvalue weighted by Crippen LogP contribution is 1.84. The van der Waals surface area contributed by atoms with Crippen LogP contribution in [0.1, 0.15) is 6.92 Å². The van der Waals surface area contributed by atoms with Crippen LogP contribution in [-0.4, -0.2) is 28.3 Å². The molecule has 0 spiro atoms. The maximum Gasteiger partial charge on any atom is 0.302 e. The molecule has 0 saturated carbocycles. The summed E-state index contributed by atoms with van der Waals surface area (Å²) in [7, 11) is 0.756. The third kappa shape index (κ3) is 5.52. The molecule has 0 atom stereocenters. The standard InChI is InChI=1S/C5H11O3Si/c1-5(6)8-4-9(3)7-2/h4H2,1-3H3. The average Bonchev–Trinajstić information content (AvgIpc) is 1.83. The van der Waals surface area contributed by atoms with Gasteiger partial charge in [0.15, 0.2) is 0 Å². The zero-order valence-electron chi connectivity index (χ0n) is 5.93. The molecule has 4 heteroatoms. The molecule has 0 aliphatic rings. The third-order valence-corrected chi connectivity index (χ3v) is 2.07. The Kier molecular flexibility index (Phi) is 4.34. The van der Waals surface area contributed by atoms with E-state index >= 15 is 0 Å². The van der Waals surface area contributed by atoms with Gasteiger partial charge in [0.25, 0.3) is 0 Å². The number of rotatable bonds is 3. The molecule has 0 heterocycles. The van der Waals surface area contributed by atoms with Crippen molar-refractivity contribution >= 4 is 15.0 Å². The molecular weight excluding hydrogens is 136 g/mol. The van der Waals surface area contributed by atoms with Crippen molar-refractivity contribution in [1.82, 2.24) is 0 Å². The highest BCUT2D eigenvalue weighted by molar-refractivity contribution is 6.50. The number of carbonyl (C=O) groups is 1. The van der Waals surface area contributed by atoms with Crippen molar-refractivity contribution in [2.24, 2.45) is 0 Å². The van der Waals surface area contributed by atoms with Crippen LogP contribution in [0.2, 0.25) is 6.55 Å². The Hall–Kier alpha value is -0.353. The van der Waals surface area contributed by atoms with Gasteiger partial charge >= 0.3 is 5.97 Å². The van der Waals surface area contributed by atoms with E-state index < -0.39 is 9.04 Å². The van der Waals surface area contributed by atoms with Gasteiger partial charge in [-0.1, -0.05) is 0 Å².